The van der Waals surface area contributed by atoms with E-state index in [9.17, 15) is 19.2 Å². The van der Waals surface area contributed by atoms with Gasteiger partial charge in [0, 0.05) is 57.3 Å². The molecule has 7 rings (SSSR count). The minimum atomic E-state index is -0.607. The Labute approximate surface area is 355 Å². The first kappa shape index (κ1) is 42.1. The summed E-state index contributed by atoms with van der Waals surface area (Å²) in [5, 5.41) is 16.3. The van der Waals surface area contributed by atoms with Crippen LogP contribution in [0.25, 0.3) is 10.8 Å². The smallest absolute Gasteiger partial charge is 0.359 e. The molecule has 0 saturated heterocycles. The van der Waals surface area contributed by atoms with Crippen molar-refractivity contribution in [2.75, 3.05) is 10.6 Å². The molecule has 14 nitrogen and oxygen atoms in total. The van der Waals surface area contributed by atoms with Gasteiger partial charge in [0.25, 0.3) is 11.1 Å². The van der Waals surface area contributed by atoms with Gasteiger partial charge in [-0.05, 0) is 67.8 Å². The van der Waals surface area contributed by atoms with Crippen LogP contribution in [0.15, 0.2) is 134 Å². The van der Waals surface area contributed by atoms with E-state index in [1.165, 1.54) is 21.5 Å². The van der Waals surface area contributed by atoms with Crippen molar-refractivity contribution in [2.45, 2.75) is 47.1 Å². The maximum atomic E-state index is 12.8. The van der Waals surface area contributed by atoms with Crippen LogP contribution in [0.4, 0.5) is 22.7 Å². The number of carbonyl (C=O) groups is 2. The lowest BCUT2D eigenvalue weighted by atomic mass is 10.1. The summed E-state index contributed by atoms with van der Waals surface area (Å²) in [5.41, 5.74) is 3.89. The Bertz CT molecular complexity index is 2720. The molecular formula is C43H38Br2N8O6. The van der Waals surface area contributed by atoms with Crippen molar-refractivity contribution in [1.29, 1.82) is 0 Å². The molecule has 2 N–H and O–H groups in total. The Morgan fingerprint density at radius 2 is 1.12 bits per heavy atom. The predicted octanol–water partition coefficient (Wildman–Crippen LogP) is 8.50. The molecule has 0 fully saturated rings. The quantitative estimate of drug-likeness (QED) is 0.112. The number of hydrogen-bond donors (Lipinski definition) is 2. The minimum absolute atomic E-state index is 0.0502. The minimum Gasteiger partial charge on any atom is -0.456 e. The molecule has 59 heavy (non-hydrogen) atoms. The van der Waals surface area contributed by atoms with Crippen LogP contribution in [0.1, 0.15) is 51.5 Å². The van der Waals surface area contributed by atoms with Gasteiger partial charge in [-0.15, -0.1) is 0 Å². The standard InChI is InChI=1S/C23H19BrN4O3.C20H19BrN4O3/c1-2-28-22(29)19(26-21-13-25-12-16-5-3-4-6-18(16)21)11-20(27-28)23(30)31-14-15-7-9-17(24)10-8-15;1-3-25-19(26)16(23-18-11-22-9-8-13(18)2)10-17(24-25)20(27)28-12-14-4-6-15(21)7-5-14/h3-13,26H,2,14H2,1H3;4-11,23H,3,12H2,1-2H3. The first-order chi connectivity index (χ1) is 28.5. The Kier molecular flexibility index (Phi) is 14.1. The number of nitrogens with one attached hydrogen (secondary N) is 2. The van der Waals surface area contributed by atoms with Gasteiger partial charge < -0.3 is 20.1 Å². The highest BCUT2D eigenvalue weighted by atomic mass is 79.9. The van der Waals surface area contributed by atoms with Crippen LogP contribution in [-0.2, 0) is 35.8 Å². The number of aromatic nitrogens is 6. The zero-order valence-corrected chi connectivity index (χ0v) is 35.4. The number of fused-ring (bicyclic) bond motifs is 1. The fourth-order valence-corrected chi connectivity index (χ4v) is 6.13. The van der Waals surface area contributed by atoms with Gasteiger partial charge in [-0.3, -0.25) is 19.6 Å². The molecule has 0 saturated carbocycles. The number of esters is 2. The molecule has 0 unspecified atom stereocenters. The molecule has 4 aromatic heterocycles. The lowest BCUT2D eigenvalue weighted by Crippen LogP contribution is -2.27. The van der Waals surface area contributed by atoms with Gasteiger partial charge in [0.05, 0.1) is 23.8 Å². The molecule has 0 aliphatic carbocycles. The highest BCUT2D eigenvalue weighted by Gasteiger charge is 2.18. The Hall–Kier alpha value is -6.52. The molecule has 0 amide bonds. The summed E-state index contributed by atoms with van der Waals surface area (Å²) >= 11 is 6.74. The maximum absolute atomic E-state index is 12.8. The van der Waals surface area contributed by atoms with Crippen LogP contribution in [0.3, 0.4) is 0 Å². The highest BCUT2D eigenvalue weighted by Crippen LogP contribution is 2.24. The van der Waals surface area contributed by atoms with Crippen LogP contribution in [0, 0.1) is 6.92 Å². The molecule has 4 heterocycles. The second kappa shape index (κ2) is 19.8. The first-order valence-corrected chi connectivity index (χ1v) is 20.0. The van der Waals surface area contributed by atoms with Crippen molar-refractivity contribution >= 4 is 77.3 Å². The van der Waals surface area contributed by atoms with Crippen LogP contribution in [0.5, 0.6) is 0 Å². The van der Waals surface area contributed by atoms with E-state index in [2.05, 4.69) is 62.7 Å². The summed E-state index contributed by atoms with van der Waals surface area (Å²) < 4.78 is 15.1. The molecule has 16 heteroatoms. The number of ether oxygens (including phenoxy) is 2. The zero-order chi connectivity index (χ0) is 41.9. The Morgan fingerprint density at radius 1 is 0.627 bits per heavy atom. The van der Waals surface area contributed by atoms with Gasteiger partial charge in [0.2, 0.25) is 0 Å². The van der Waals surface area contributed by atoms with E-state index >= 15 is 0 Å². The van der Waals surface area contributed by atoms with E-state index in [-0.39, 0.29) is 47.1 Å². The summed E-state index contributed by atoms with van der Waals surface area (Å²) in [4.78, 5) is 58.8. The number of halogens is 2. The summed E-state index contributed by atoms with van der Waals surface area (Å²) in [5.74, 6) is -1.21. The van der Waals surface area contributed by atoms with E-state index in [4.69, 9.17) is 9.47 Å². The average molecular weight is 923 g/mol. The van der Waals surface area contributed by atoms with Gasteiger partial charge >= 0.3 is 11.9 Å². The second-order valence-corrected chi connectivity index (χ2v) is 14.7. The molecule has 0 aliphatic rings. The molecular weight excluding hydrogens is 884 g/mol. The topological polar surface area (TPSA) is 172 Å². The number of aryl methyl sites for hydroxylation is 3. The molecule has 0 atom stereocenters. The van der Waals surface area contributed by atoms with Crippen molar-refractivity contribution < 1.29 is 19.1 Å². The monoisotopic (exact) mass is 920 g/mol. The number of rotatable bonds is 12. The summed E-state index contributed by atoms with van der Waals surface area (Å²) in [6.07, 6.45) is 6.69. The molecule has 0 spiro atoms. The summed E-state index contributed by atoms with van der Waals surface area (Å²) in [6.45, 7) is 6.33. The first-order valence-electron chi connectivity index (χ1n) is 18.4. The number of benzene rings is 3. The molecule has 7 aromatic rings. The number of carbonyl (C=O) groups excluding carboxylic acids is 2. The van der Waals surface area contributed by atoms with Gasteiger partial charge in [0.15, 0.2) is 11.4 Å². The van der Waals surface area contributed by atoms with E-state index < -0.39 is 11.9 Å². The van der Waals surface area contributed by atoms with E-state index in [0.717, 1.165) is 36.4 Å². The lowest BCUT2D eigenvalue weighted by Gasteiger charge is -2.12. The largest absolute Gasteiger partial charge is 0.456 e. The second-order valence-electron chi connectivity index (χ2n) is 12.9. The van der Waals surface area contributed by atoms with E-state index in [0.29, 0.717) is 24.5 Å². The predicted molar refractivity (Wildman–Crippen MR) is 232 cm³/mol. The fraction of sp³-hybridized carbons (Fsp3) is 0.163. The molecule has 0 bridgehead atoms. The van der Waals surface area contributed by atoms with Crippen molar-refractivity contribution in [3.8, 4) is 0 Å². The Morgan fingerprint density at radius 3 is 1.63 bits per heavy atom. The third kappa shape index (κ3) is 10.9. The normalized spacial score (nSPS) is 10.7. The molecule has 300 valence electrons. The van der Waals surface area contributed by atoms with Crippen LogP contribution < -0.4 is 21.8 Å². The van der Waals surface area contributed by atoms with Crippen LogP contribution >= 0.6 is 31.9 Å². The van der Waals surface area contributed by atoms with Crippen molar-refractivity contribution in [3.05, 3.63) is 174 Å². The maximum Gasteiger partial charge on any atom is 0.359 e. The SMILES string of the molecule is CCn1nc(C(=O)OCc2ccc(Br)cc2)cc(Nc2cncc3ccccc23)c1=O.CCn1nc(C(=O)OCc2ccc(Br)cc2)cc(Nc2cnccc2C)c1=O. The van der Waals surface area contributed by atoms with E-state index in [1.54, 1.807) is 38.6 Å². The Balaban J connectivity index is 0.000000199. The number of hydrogen-bond acceptors (Lipinski definition) is 12. The van der Waals surface area contributed by atoms with Crippen LogP contribution in [-0.4, -0.2) is 41.5 Å². The number of pyridine rings is 2. The molecule has 3 aromatic carbocycles. The third-order valence-electron chi connectivity index (χ3n) is 8.78. The highest BCUT2D eigenvalue weighted by molar-refractivity contribution is 9.10. The third-order valence-corrected chi connectivity index (χ3v) is 9.84. The molecule has 0 aliphatic heterocycles. The average Bonchev–Trinajstić information content (AvgIpc) is 3.25. The van der Waals surface area contributed by atoms with E-state index in [1.807, 2.05) is 85.8 Å². The zero-order valence-electron chi connectivity index (χ0n) is 32.2. The van der Waals surface area contributed by atoms with Crippen molar-refractivity contribution in [1.82, 2.24) is 29.5 Å². The number of nitrogens with zero attached hydrogens (tertiary/aromatic N) is 6. The lowest BCUT2D eigenvalue weighted by molar-refractivity contribution is 0.0454. The van der Waals surface area contributed by atoms with Crippen molar-refractivity contribution in [2.24, 2.45) is 0 Å². The number of anilines is 4. The van der Waals surface area contributed by atoms with Crippen LogP contribution in [0.2, 0.25) is 0 Å². The van der Waals surface area contributed by atoms with Gasteiger partial charge in [-0.25, -0.2) is 19.0 Å². The summed E-state index contributed by atoms with van der Waals surface area (Å²) in [7, 11) is 0. The fourth-order valence-electron chi connectivity index (χ4n) is 5.60. The molecule has 0 radical (unpaired) electrons. The van der Waals surface area contributed by atoms with Crippen molar-refractivity contribution in [3.63, 3.8) is 0 Å². The van der Waals surface area contributed by atoms with Gasteiger partial charge in [-0.1, -0.05) is 80.4 Å². The van der Waals surface area contributed by atoms with Gasteiger partial charge in [0.1, 0.15) is 24.6 Å². The summed E-state index contributed by atoms with van der Waals surface area (Å²) in [6, 6.07) is 27.3. The van der Waals surface area contributed by atoms with Gasteiger partial charge in [-0.2, -0.15) is 10.2 Å².